The van der Waals surface area contributed by atoms with Crippen LogP contribution in [0.5, 0.6) is 0 Å². The lowest BCUT2D eigenvalue weighted by atomic mass is 10.2. The molecule has 1 saturated heterocycles. The van der Waals surface area contributed by atoms with Crippen LogP contribution in [0.15, 0.2) is 0 Å². The van der Waals surface area contributed by atoms with E-state index in [0.29, 0.717) is 17.6 Å². The number of ether oxygens (including phenoxy) is 1. The Morgan fingerprint density at radius 1 is 1.15 bits per heavy atom. The summed E-state index contributed by atoms with van der Waals surface area (Å²) in [6.07, 6.45) is 1.71. The number of nitrogens with zero attached hydrogens (tertiary/aromatic N) is 1. The van der Waals surface area contributed by atoms with Crippen LogP contribution in [0.3, 0.4) is 0 Å². The standard InChI is InChI=1S/C10H15NO2/c12-7-5-8-9(6-7)10(8)11-1-3-13-4-2-11/h8-10H,1-6H2/t8-,9+,10?. The van der Waals surface area contributed by atoms with Crippen LogP contribution in [0.4, 0.5) is 0 Å². The number of morpholine rings is 1. The van der Waals surface area contributed by atoms with Crippen LogP contribution in [0.25, 0.3) is 0 Å². The Bertz CT molecular complexity index is 221. The Morgan fingerprint density at radius 3 is 2.38 bits per heavy atom. The van der Waals surface area contributed by atoms with Gasteiger partial charge < -0.3 is 4.74 Å². The van der Waals surface area contributed by atoms with Gasteiger partial charge in [0.2, 0.25) is 0 Å². The van der Waals surface area contributed by atoms with Gasteiger partial charge in [0.25, 0.3) is 0 Å². The molecule has 3 atom stereocenters. The van der Waals surface area contributed by atoms with E-state index in [0.717, 1.165) is 45.2 Å². The van der Waals surface area contributed by atoms with Crippen molar-refractivity contribution >= 4 is 5.78 Å². The van der Waals surface area contributed by atoms with Crippen LogP contribution in [-0.2, 0) is 9.53 Å². The Balaban J connectivity index is 1.61. The molecule has 3 aliphatic rings. The molecule has 3 nitrogen and oxygen atoms in total. The summed E-state index contributed by atoms with van der Waals surface area (Å²) in [6.45, 7) is 3.91. The molecule has 0 spiro atoms. The first-order valence-corrected chi connectivity index (χ1v) is 5.20. The van der Waals surface area contributed by atoms with Crippen molar-refractivity contribution in [2.75, 3.05) is 26.3 Å². The summed E-state index contributed by atoms with van der Waals surface area (Å²) in [6, 6.07) is 0.738. The van der Waals surface area contributed by atoms with E-state index >= 15 is 0 Å². The van der Waals surface area contributed by atoms with E-state index in [-0.39, 0.29) is 0 Å². The summed E-state index contributed by atoms with van der Waals surface area (Å²) in [4.78, 5) is 13.6. The van der Waals surface area contributed by atoms with Crippen molar-refractivity contribution in [3.05, 3.63) is 0 Å². The lowest BCUT2D eigenvalue weighted by Gasteiger charge is -2.28. The Kier molecular flexibility index (Phi) is 1.70. The van der Waals surface area contributed by atoms with Gasteiger partial charge in [0.05, 0.1) is 13.2 Å². The molecular weight excluding hydrogens is 166 g/mol. The number of fused-ring (bicyclic) bond motifs is 1. The van der Waals surface area contributed by atoms with Crippen molar-refractivity contribution in [3.8, 4) is 0 Å². The zero-order chi connectivity index (χ0) is 8.84. The number of hydrogen-bond donors (Lipinski definition) is 0. The highest BCUT2D eigenvalue weighted by molar-refractivity contribution is 5.83. The molecule has 72 valence electrons. The van der Waals surface area contributed by atoms with Crippen molar-refractivity contribution in [1.29, 1.82) is 0 Å². The second-order valence-corrected chi connectivity index (χ2v) is 4.41. The lowest BCUT2D eigenvalue weighted by molar-refractivity contribution is -0.118. The highest BCUT2D eigenvalue weighted by Gasteiger charge is 2.58. The minimum atomic E-state index is 0.486. The molecule has 2 aliphatic carbocycles. The normalized spacial score (nSPS) is 44.9. The molecule has 0 aromatic heterocycles. The second kappa shape index (κ2) is 2.79. The molecule has 0 amide bonds. The number of hydrogen-bond acceptors (Lipinski definition) is 3. The first-order valence-electron chi connectivity index (χ1n) is 5.20. The van der Waals surface area contributed by atoms with E-state index in [1.165, 1.54) is 0 Å². The van der Waals surface area contributed by atoms with Gasteiger partial charge in [-0.2, -0.15) is 0 Å². The fourth-order valence-corrected chi connectivity index (χ4v) is 3.00. The number of ketones is 1. The molecule has 3 rings (SSSR count). The average Bonchev–Trinajstić information content (AvgIpc) is 2.66. The van der Waals surface area contributed by atoms with Gasteiger partial charge in [-0.05, 0) is 11.8 Å². The smallest absolute Gasteiger partial charge is 0.133 e. The zero-order valence-electron chi connectivity index (χ0n) is 7.74. The molecule has 1 aliphatic heterocycles. The Labute approximate surface area is 78.0 Å². The highest BCUT2D eigenvalue weighted by atomic mass is 16.5. The topological polar surface area (TPSA) is 29.5 Å². The zero-order valence-corrected chi connectivity index (χ0v) is 7.74. The predicted molar refractivity (Wildman–Crippen MR) is 47.4 cm³/mol. The molecule has 0 radical (unpaired) electrons. The third kappa shape index (κ3) is 1.22. The van der Waals surface area contributed by atoms with E-state index in [1.807, 2.05) is 0 Å². The van der Waals surface area contributed by atoms with Gasteiger partial charge in [-0.15, -0.1) is 0 Å². The van der Waals surface area contributed by atoms with Gasteiger partial charge in [-0.25, -0.2) is 0 Å². The van der Waals surface area contributed by atoms with Gasteiger partial charge in [-0.1, -0.05) is 0 Å². The van der Waals surface area contributed by atoms with E-state index < -0.39 is 0 Å². The number of Topliss-reactive ketones (excluding diaryl/α,β-unsaturated/α-hetero) is 1. The summed E-state index contributed by atoms with van der Waals surface area (Å²) in [7, 11) is 0. The van der Waals surface area contributed by atoms with E-state index in [9.17, 15) is 4.79 Å². The molecule has 3 fully saturated rings. The van der Waals surface area contributed by atoms with Crippen molar-refractivity contribution in [1.82, 2.24) is 4.90 Å². The number of carbonyl (C=O) groups excluding carboxylic acids is 1. The summed E-state index contributed by atoms with van der Waals surface area (Å²) in [5.41, 5.74) is 0. The minimum absolute atomic E-state index is 0.486. The molecule has 0 N–H and O–H groups in total. The monoisotopic (exact) mass is 181 g/mol. The fourth-order valence-electron chi connectivity index (χ4n) is 3.00. The highest BCUT2D eigenvalue weighted by Crippen LogP contribution is 2.53. The first-order chi connectivity index (χ1) is 6.36. The maximum Gasteiger partial charge on any atom is 0.133 e. The molecule has 1 unspecified atom stereocenters. The van der Waals surface area contributed by atoms with Gasteiger partial charge in [0, 0.05) is 32.0 Å². The molecule has 0 aromatic carbocycles. The van der Waals surface area contributed by atoms with E-state index in [2.05, 4.69) is 4.90 Å². The number of carbonyl (C=O) groups is 1. The molecular formula is C10H15NO2. The Morgan fingerprint density at radius 2 is 1.77 bits per heavy atom. The maximum absolute atomic E-state index is 11.1. The van der Waals surface area contributed by atoms with Crippen LogP contribution >= 0.6 is 0 Å². The van der Waals surface area contributed by atoms with Gasteiger partial charge in [-0.3, -0.25) is 9.69 Å². The summed E-state index contributed by atoms with van der Waals surface area (Å²) in [5.74, 6) is 1.91. The van der Waals surface area contributed by atoms with E-state index in [4.69, 9.17) is 4.74 Å². The van der Waals surface area contributed by atoms with Crippen molar-refractivity contribution in [2.45, 2.75) is 18.9 Å². The molecule has 1 heterocycles. The summed E-state index contributed by atoms with van der Waals surface area (Å²) < 4.78 is 5.31. The third-order valence-electron chi connectivity index (χ3n) is 3.68. The quantitative estimate of drug-likeness (QED) is 0.582. The SMILES string of the molecule is O=C1C[C@@H]2C(N3CCOCC3)[C@@H]2C1. The lowest BCUT2D eigenvalue weighted by Crippen LogP contribution is -2.39. The van der Waals surface area contributed by atoms with Gasteiger partial charge >= 0.3 is 0 Å². The summed E-state index contributed by atoms with van der Waals surface area (Å²) in [5, 5.41) is 0. The molecule has 13 heavy (non-hydrogen) atoms. The van der Waals surface area contributed by atoms with Gasteiger partial charge in [0.1, 0.15) is 5.78 Å². The molecule has 0 aromatic rings. The number of rotatable bonds is 1. The van der Waals surface area contributed by atoms with Crippen molar-refractivity contribution in [2.24, 2.45) is 11.8 Å². The average molecular weight is 181 g/mol. The first kappa shape index (κ1) is 7.94. The van der Waals surface area contributed by atoms with Crippen LogP contribution in [0.1, 0.15) is 12.8 Å². The second-order valence-electron chi connectivity index (χ2n) is 4.41. The molecule has 2 saturated carbocycles. The Hall–Kier alpha value is -0.410. The maximum atomic E-state index is 11.1. The predicted octanol–water partition coefficient (Wildman–Crippen LogP) is 0.296. The van der Waals surface area contributed by atoms with Crippen molar-refractivity contribution < 1.29 is 9.53 Å². The van der Waals surface area contributed by atoms with Crippen molar-refractivity contribution in [3.63, 3.8) is 0 Å². The minimum Gasteiger partial charge on any atom is -0.379 e. The summed E-state index contributed by atoms with van der Waals surface area (Å²) >= 11 is 0. The van der Waals surface area contributed by atoms with E-state index in [1.54, 1.807) is 0 Å². The fraction of sp³-hybridized carbons (Fsp3) is 0.900. The van der Waals surface area contributed by atoms with Gasteiger partial charge in [0.15, 0.2) is 0 Å². The van der Waals surface area contributed by atoms with Crippen LogP contribution in [-0.4, -0.2) is 43.0 Å². The molecule has 0 bridgehead atoms. The van der Waals surface area contributed by atoms with Crippen LogP contribution in [0, 0.1) is 11.8 Å². The largest absolute Gasteiger partial charge is 0.379 e. The van der Waals surface area contributed by atoms with Crippen LogP contribution < -0.4 is 0 Å². The van der Waals surface area contributed by atoms with Crippen LogP contribution in [0.2, 0.25) is 0 Å². The third-order valence-corrected chi connectivity index (χ3v) is 3.68. The molecule has 3 heteroatoms.